The van der Waals surface area contributed by atoms with Gasteiger partial charge in [0.05, 0.1) is 23.4 Å². The second-order valence-electron chi connectivity index (χ2n) is 10.5. The van der Waals surface area contributed by atoms with Gasteiger partial charge in [-0.05, 0) is 60.6 Å². The monoisotopic (exact) mass is 531 g/mol. The van der Waals surface area contributed by atoms with Gasteiger partial charge in [-0.15, -0.1) is 0 Å². The van der Waals surface area contributed by atoms with E-state index in [1.165, 1.54) is 0 Å². The molecule has 198 valence electrons. The van der Waals surface area contributed by atoms with E-state index in [9.17, 15) is 8.42 Å². The highest BCUT2D eigenvalue weighted by molar-refractivity contribution is 7.92. The van der Waals surface area contributed by atoms with Gasteiger partial charge in [0, 0.05) is 36.7 Å². The zero-order chi connectivity index (χ0) is 27.0. The molecule has 0 radical (unpaired) electrons. The van der Waals surface area contributed by atoms with E-state index in [2.05, 4.69) is 33.6 Å². The predicted octanol–water partition coefficient (Wildman–Crippen LogP) is 5.48. The van der Waals surface area contributed by atoms with Crippen molar-refractivity contribution in [3.05, 3.63) is 83.2 Å². The van der Waals surface area contributed by atoms with Crippen molar-refractivity contribution in [1.29, 1.82) is 0 Å². The number of hydrogen-bond donors (Lipinski definition) is 1. The van der Waals surface area contributed by atoms with E-state index in [-0.39, 0.29) is 22.7 Å². The van der Waals surface area contributed by atoms with Crippen LogP contribution in [0.5, 0.6) is 5.88 Å². The number of aromatic nitrogens is 4. The molecule has 9 heteroatoms. The number of aryl methyl sites for hydroxylation is 3. The van der Waals surface area contributed by atoms with Gasteiger partial charge in [0.25, 0.3) is 10.0 Å². The summed E-state index contributed by atoms with van der Waals surface area (Å²) in [5.41, 5.74) is 5.52. The summed E-state index contributed by atoms with van der Waals surface area (Å²) < 4.78 is 37.8. The summed E-state index contributed by atoms with van der Waals surface area (Å²) >= 11 is 0. The Kier molecular flexibility index (Phi) is 6.96. The Bertz CT molecular complexity index is 1560. The Morgan fingerprint density at radius 2 is 1.79 bits per heavy atom. The first-order chi connectivity index (χ1) is 18.1. The lowest BCUT2D eigenvalue weighted by molar-refractivity contribution is 0.205. The molecule has 0 spiro atoms. The average molecular weight is 532 g/mol. The van der Waals surface area contributed by atoms with E-state index in [1.807, 2.05) is 57.6 Å². The number of sulfonamides is 1. The van der Waals surface area contributed by atoms with Crippen LogP contribution in [0, 0.1) is 25.7 Å². The van der Waals surface area contributed by atoms with Crippen LogP contribution in [0.2, 0.25) is 0 Å². The number of nitrogens with one attached hydrogen (secondary N) is 1. The number of ether oxygens (including phenoxy) is 1. The minimum absolute atomic E-state index is 0.0182. The van der Waals surface area contributed by atoms with Gasteiger partial charge in [-0.3, -0.25) is 4.68 Å². The zero-order valence-electron chi connectivity index (χ0n) is 22.3. The topological polar surface area (TPSA) is 99.0 Å². The molecule has 2 atom stereocenters. The molecule has 2 aromatic carbocycles. The van der Waals surface area contributed by atoms with Gasteiger partial charge in [-0.25, -0.2) is 18.1 Å². The van der Waals surface area contributed by atoms with Crippen molar-refractivity contribution in [3.8, 4) is 17.1 Å². The fraction of sp³-hybridized carbons (Fsp3) is 0.345. The SMILES string of the molecule is Cc1cccc(C)c1-c1cc2nc(n1)NS(=O)(=O)c1cccc(c1)C(c1cnn(C)c1)[C@H](CC(C)C)CO2. The number of fused-ring (bicyclic) bond motifs is 4. The third-order valence-corrected chi connectivity index (χ3v) is 8.29. The van der Waals surface area contributed by atoms with E-state index in [0.29, 0.717) is 24.1 Å². The molecule has 1 aliphatic rings. The van der Waals surface area contributed by atoms with Crippen LogP contribution in [-0.2, 0) is 17.1 Å². The van der Waals surface area contributed by atoms with Crippen LogP contribution in [0.1, 0.15) is 48.4 Å². The van der Waals surface area contributed by atoms with Crippen LogP contribution in [-0.4, -0.2) is 34.8 Å². The van der Waals surface area contributed by atoms with Crippen LogP contribution >= 0.6 is 0 Å². The van der Waals surface area contributed by atoms with Gasteiger partial charge >= 0.3 is 0 Å². The normalized spacial score (nSPS) is 18.7. The van der Waals surface area contributed by atoms with Crippen molar-refractivity contribution in [1.82, 2.24) is 19.7 Å². The van der Waals surface area contributed by atoms with Crippen molar-refractivity contribution in [2.24, 2.45) is 18.9 Å². The van der Waals surface area contributed by atoms with Crippen LogP contribution in [0.25, 0.3) is 11.3 Å². The third-order valence-electron chi connectivity index (χ3n) is 6.97. The Morgan fingerprint density at radius 3 is 2.47 bits per heavy atom. The summed E-state index contributed by atoms with van der Waals surface area (Å²) in [6.07, 6.45) is 4.72. The maximum atomic E-state index is 13.5. The van der Waals surface area contributed by atoms with Crippen LogP contribution in [0.3, 0.4) is 0 Å². The third kappa shape index (κ3) is 5.29. The highest BCUT2D eigenvalue weighted by Crippen LogP contribution is 2.38. The van der Waals surface area contributed by atoms with Gasteiger partial charge in [-0.1, -0.05) is 44.2 Å². The molecule has 2 aromatic heterocycles. The summed E-state index contributed by atoms with van der Waals surface area (Å²) in [4.78, 5) is 9.22. The Labute approximate surface area is 224 Å². The lowest BCUT2D eigenvalue weighted by atomic mass is 9.78. The molecule has 1 N–H and O–H groups in total. The second-order valence-corrected chi connectivity index (χ2v) is 12.2. The van der Waals surface area contributed by atoms with Gasteiger partial charge in [0.2, 0.25) is 11.8 Å². The fourth-order valence-electron chi connectivity index (χ4n) is 5.38. The lowest BCUT2D eigenvalue weighted by Crippen LogP contribution is -2.25. The molecule has 4 aromatic rings. The minimum Gasteiger partial charge on any atom is -0.477 e. The Hall–Kier alpha value is -3.72. The fourth-order valence-corrected chi connectivity index (χ4v) is 6.38. The van der Waals surface area contributed by atoms with Crippen molar-refractivity contribution in [2.45, 2.75) is 44.9 Å². The van der Waals surface area contributed by atoms with E-state index in [0.717, 1.165) is 34.2 Å². The van der Waals surface area contributed by atoms with E-state index in [1.54, 1.807) is 28.9 Å². The van der Waals surface area contributed by atoms with E-state index >= 15 is 0 Å². The van der Waals surface area contributed by atoms with Crippen molar-refractivity contribution >= 4 is 16.0 Å². The lowest BCUT2D eigenvalue weighted by Gasteiger charge is -2.29. The molecule has 1 aliphatic heterocycles. The first-order valence-electron chi connectivity index (χ1n) is 12.8. The number of nitrogens with zero attached hydrogens (tertiary/aromatic N) is 4. The molecule has 3 heterocycles. The molecule has 0 amide bonds. The maximum Gasteiger partial charge on any atom is 0.264 e. The Balaban J connectivity index is 1.69. The maximum absolute atomic E-state index is 13.5. The van der Waals surface area contributed by atoms with Crippen molar-refractivity contribution in [3.63, 3.8) is 0 Å². The van der Waals surface area contributed by atoms with Gasteiger partial charge in [0.1, 0.15) is 0 Å². The predicted molar refractivity (Wildman–Crippen MR) is 148 cm³/mol. The van der Waals surface area contributed by atoms with E-state index in [4.69, 9.17) is 4.74 Å². The molecular formula is C29H33N5O3S. The molecule has 4 bridgehead atoms. The van der Waals surface area contributed by atoms with Gasteiger partial charge in [-0.2, -0.15) is 10.1 Å². The second kappa shape index (κ2) is 10.2. The molecule has 0 saturated heterocycles. The Morgan fingerprint density at radius 1 is 1.05 bits per heavy atom. The van der Waals surface area contributed by atoms with E-state index < -0.39 is 10.0 Å². The highest BCUT2D eigenvalue weighted by Gasteiger charge is 2.30. The molecular weight excluding hydrogens is 498 g/mol. The smallest absolute Gasteiger partial charge is 0.264 e. The van der Waals surface area contributed by atoms with Gasteiger partial charge < -0.3 is 4.74 Å². The number of hydrogen-bond acceptors (Lipinski definition) is 6. The first-order valence-corrected chi connectivity index (χ1v) is 14.3. The first kappa shape index (κ1) is 25.9. The van der Waals surface area contributed by atoms with Crippen LogP contribution < -0.4 is 9.46 Å². The summed E-state index contributed by atoms with van der Waals surface area (Å²) in [5.74, 6) is 0.649. The average Bonchev–Trinajstić information content (AvgIpc) is 3.27. The summed E-state index contributed by atoms with van der Waals surface area (Å²) in [6, 6.07) is 14.9. The van der Waals surface area contributed by atoms with Crippen molar-refractivity contribution < 1.29 is 13.2 Å². The largest absolute Gasteiger partial charge is 0.477 e. The number of benzene rings is 2. The molecule has 0 aliphatic carbocycles. The summed E-state index contributed by atoms with van der Waals surface area (Å²) in [5, 5.41) is 4.41. The van der Waals surface area contributed by atoms with Crippen molar-refractivity contribution in [2.75, 3.05) is 11.3 Å². The quantitative estimate of drug-likeness (QED) is 0.374. The number of rotatable bonds is 4. The standard InChI is InChI=1S/C29H33N5O3S/c1-18(2)12-22-17-37-26-14-25(27-19(3)8-6-9-20(27)4)31-29(32-26)33-38(35,36)24-11-7-10-21(13-24)28(22)23-15-30-34(5)16-23/h6-11,13-16,18,22,28H,12,17H2,1-5H3,(H,31,32,33)/t22-,28?/m1/s1. The number of anilines is 1. The summed E-state index contributed by atoms with van der Waals surface area (Å²) in [7, 11) is -2.07. The molecule has 8 nitrogen and oxygen atoms in total. The minimum atomic E-state index is -3.96. The van der Waals surface area contributed by atoms with Crippen LogP contribution in [0.15, 0.2) is 65.8 Å². The zero-order valence-corrected chi connectivity index (χ0v) is 23.2. The molecule has 0 fully saturated rings. The highest BCUT2D eigenvalue weighted by atomic mass is 32.2. The summed E-state index contributed by atoms with van der Waals surface area (Å²) in [6.45, 7) is 8.79. The molecule has 0 saturated carbocycles. The molecule has 5 rings (SSSR count). The van der Waals surface area contributed by atoms with Crippen LogP contribution in [0.4, 0.5) is 5.95 Å². The molecule has 1 unspecified atom stereocenters. The molecule has 38 heavy (non-hydrogen) atoms. The van der Waals surface area contributed by atoms with Gasteiger partial charge in [0.15, 0.2) is 0 Å².